The number of aromatic nitrogens is 2. The molecule has 2 rings (SSSR count). The van der Waals surface area contributed by atoms with Gasteiger partial charge in [0.05, 0.1) is 16.3 Å². The van der Waals surface area contributed by atoms with E-state index in [1.165, 1.54) is 6.07 Å². The third-order valence-electron chi connectivity index (χ3n) is 4.06. The maximum atomic E-state index is 11.6. The first-order valence-electron chi connectivity index (χ1n) is 7.65. The van der Waals surface area contributed by atoms with Crippen molar-refractivity contribution in [3.63, 3.8) is 0 Å². The van der Waals surface area contributed by atoms with E-state index >= 15 is 0 Å². The van der Waals surface area contributed by atoms with E-state index in [1.807, 2.05) is 25.6 Å². The van der Waals surface area contributed by atoms with Crippen molar-refractivity contribution in [2.75, 3.05) is 11.9 Å². The zero-order chi connectivity index (χ0) is 18.8. The molecule has 3 N–H and O–H groups in total. The van der Waals surface area contributed by atoms with Gasteiger partial charge in [-0.1, -0.05) is 0 Å². The summed E-state index contributed by atoms with van der Waals surface area (Å²) in [6.45, 7) is 4.37. The first-order valence-corrected chi connectivity index (χ1v) is 9.20. The van der Waals surface area contributed by atoms with Gasteiger partial charge in [-0.25, -0.2) is 13.6 Å². The molecule has 0 amide bonds. The average Bonchev–Trinajstić information content (AvgIpc) is 2.76. The molecule has 0 aliphatic rings. The number of sulfonamides is 1. The van der Waals surface area contributed by atoms with Gasteiger partial charge in [0.2, 0.25) is 10.0 Å². The Morgan fingerprint density at radius 3 is 2.56 bits per heavy atom. The van der Waals surface area contributed by atoms with Crippen molar-refractivity contribution in [1.29, 1.82) is 0 Å². The van der Waals surface area contributed by atoms with Crippen molar-refractivity contribution in [2.45, 2.75) is 31.6 Å². The number of nitro groups is 1. The van der Waals surface area contributed by atoms with Gasteiger partial charge >= 0.3 is 0 Å². The van der Waals surface area contributed by atoms with Gasteiger partial charge in [0.15, 0.2) is 0 Å². The minimum Gasteiger partial charge on any atom is -0.384 e. The Hall–Kier alpha value is -2.46. The largest absolute Gasteiger partial charge is 0.384 e. The van der Waals surface area contributed by atoms with E-state index in [2.05, 4.69) is 10.4 Å². The van der Waals surface area contributed by atoms with Crippen LogP contribution in [0.1, 0.15) is 23.4 Å². The molecular formula is C15H21N5O4S. The topological polar surface area (TPSA) is 133 Å². The van der Waals surface area contributed by atoms with Crippen LogP contribution in [-0.2, 0) is 23.5 Å². The lowest BCUT2D eigenvalue weighted by atomic mass is 10.1. The molecule has 1 aromatic heterocycles. The number of benzene rings is 1. The number of non-ortho nitro benzene ring substituents is 1. The van der Waals surface area contributed by atoms with E-state index in [4.69, 9.17) is 5.14 Å². The van der Waals surface area contributed by atoms with E-state index in [9.17, 15) is 18.5 Å². The maximum Gasteiger partial charge on any atom is 0.271 e. The van der Waals surface area contributed by atoms with Crippen molar-refractivity contribution in [3.8, 4) is 0 Å². The molecule has 0 unspecified atom stereocenters. The Morgan fingerprint density at radius 1 is 1.36 bits per heavy atom. The van der Waals surface area contributed by atoms with Crippen LogP contribution in [0.15, 0.2) is 23.1 Å². The molecule has 0 spiro atoms. The average molecular weight is 367 g/mol. The normalized spacial score (nSPS) is 11.5. The number of hydrogen-bond donors (Lipinski definition) is 2. The molecule has 2 aromatic rings. The van der Waals surface area contributed by atoms with E-state index in [0.29, 0.717) is 13.0 Å². The van der Waals surface area contributed by atoms with Gasteiger partial charge in [0, 0.05) is 31.4 Å². The van der Waals surface area contributed by atoms with Gasteiger partial charge in [-0.2, -0.15) is 5.10 Å². The quantitative estimate of drug-likeness (QED) is 0.434. The third kappa shape index (κ3) is 4.34. The summed E-state index contributed by atoms with van der Waals surface area (Å²) in [5, 5.41) is 23.4. The molecule has 136 valence electrons. The molecule has 0 aliphatic carbocycles. The molecule has 1 heterocycles. The van der Waals surface area contributed by atoms with Gasteiger partial charge in [-0.05, 0) is 38.3 Å². The van der Waals surface area contributed by atoms with E-state index in [1.54, 1.807) is 0 Å². The van der Waals surface area contributed by atoms with Crippen molar-refractivity contribution < 1.29 is 13.3 Å². The van der Waals surface area contributed by atoms with Crippen LogP contribution in [0.2, 0.25) is 0 Å². The summed E-state index contributed by atoms with van der Waals surface area (Å²) in [6, 6.07) is 3.44. The highest BCUT2D eigenvalue weighted by molar-refractivity contribution is 7.89. The van der Waals surface area contributed by atoms with E-state index < -0.39 is 14.9 Å². The molecular weight excluding hydrogens is 346 g/mol. The van der Waals surface area contributed by atoms with Gasteiger partial charge in [0.1, 0.15) is 4.90 Å². The number of nitro benzene ring substituents is 1. The summed E-state index contributed by atoms with van der Waals surface area (Å²) in [7, 11) is -2.09. The van der Waals surface area contributed by atoms with Crippen molar-refractivity contribution in [2.24, 2.45) is 12.2 Å². The lowest BCUT2D eigenvalue weighted by molar-refractivity contribution is -0.384. The van der Waals surface area contributed by atoms with Crippen LogP contribution in [0.5, 0.6) is 0 Å². The second-order valence-electron chi connectivity index (χ2n) is 5.79. The van der Waals surface area contributed by atoms with Crippen LogP contribution in [0.4, 0.5) is 11.4 Å². The number of hydrogen-bond acceptors (Lipinski definition) is 6. The Morgan fingerprint density at radius 2 is 2.04 bits per heavy atom. The Balaban J connectivity index is 2.11. The Bertz CT molecular complexity index is 905. The second kappa shape index (κ2) is 7.19. The molecule has 0 saturated carbocycles. The number of nitrogens with two attached hydrogens (primary N) is 1. The minimum absolute atomic E-state index is 0.135. The predicted octanol–water partition coefficient (Wildman–Crippen LogP) is 1.64. The van der Waals surface area contributed by atoms with E-state index in [0.717, 1.165) is 35.5 Å². The van der Waals surface area contributed by atoms with Gasteiger partial charge in [-0.15, -0.1) is 0 Å². The molecule has 0 atom stereocenters. The number of anilines is 1. The number of primary sulfonamides is 1. The lowest BCUT2D eigenvalue weighted by Crippen LogP contribution is -2.16. The van der Waals surface area contributed by atoms with Crippen LogP contribution < -0.4 is 10.5 Å². The first-order chi connectivity index (χ1) is 11.6. The summed E-state index contributed by atoms with van der Waals surface area (Å²) >= 11 is 0. The smallest absolute Gasteiger partial charge is 0.271 e. The standard InChI is InChI=1S/C15H21N5O4S/c1-10-13(11(2)19(3)18-10)5-4-8-17-14-9-12(20(21)22)6-7-15(14)25(16,23)24/h6-7,9,17H,4-5,8H2,1-3H3,(H2,16,23,24). The first kappa shape index (κ1) is 18.9. The highest BCUT2D eigenvalue weighted by Gasteiger charge is 2.18. The fourth-order valence-corrected chi connectivity index (χ4v) is 3.38. The number of nitrogens with zero attached hydrogens (tertiary/aromatic N) is 3. The fourth-order valence-electron chi connectivity index (χ4n) is 2.69. The number of nitrogens with one attached hydrogen (secondary N) is 1. The van der Waals surface area contributed by atoms with Gasteiger partial charge in [0.25, 0.3) is 5.69 Å². The number of rotatable bonds is 7. The summed E-state index contributed by atoms with van der Waals surface area (Å²) in [6.07, 6.45) is 1.47. The molecule has 25 heavy (non-hydrogen) atoms. The van der Waals surface area contributed by atoms with Crippen LogP contribution in [-0.4, -0.2) is 29.7 Å². The zero-order valence-electron chi connectivity index (χ0n) is 14.3. The summed E-state index contributed by atoms with van der Waals surface area (Å²) < 4.78 is 25.1. The van der Waals surface area contributed by atoms with Crippen LogP contribution >= 0.6 is 0 Å². The zero-order valence-corrected chi connectivity index (χ0v) is 15.1. The molecule has 1 aromatic carbocycles. The predicted molar refractivity (Wildman–Crippen MR) is 94.0 cm³/mol. The Labute approximate surface area is 146 Å². The van der Waals surface area contributed by atoms with Crippen LogP contribution in [0.3, 0.4) is 0 Å². The molecule has 0 aliphatic heterocycles. The SMILES string of the molecule is Cc1nn(C)c(C)c1CCCNc1cc([N+](=O)[O-])ccc1S(N)(=O)=O. The highest BCUT2D eigenvalue weighted by atomic mass is 32.2. The van der Waals surface area contributed by atoms with Crippen LogP contribution in [0, 0.1) is 24.0 Å². The Kier molecular flexibility index (Phi) is 5.43. The van der Waals surface area contributed by atoms with Crippen molar-refractivity contribution in [1.82, 2.24) is 9.78 Å². The second-order valence-corrected chi connectivity index (χ2v) is 7.32. The molecule has 0 radical (unpaired) electrons. The highest BCUT2D eigenvalue weighted by Crippen LogP contribution is 2.25. The van der Waals surface area contributed by atoms with Crippen molar-refractivity contribution >= 4 is 21.4 Å². The molecule has 9 nitrogen and oxygen atoms in total. The maximum absolute atomic E-state index is 11.6. The minimum atomic E-state index is -3.97. The molecule has 0 saturated heterocycles. The molecule has 10 heteroatoms. The summed E-state index contributed by atoms with van der Waals surface area (Å²) in [5.41, 5.74) is 3.12. The van der Waals surface area contributed by atoms with Gasteiger partial charge in [-0.3, -0.25) is 14.8 Å². The van der Waals surface area contributed by atoms with Gasteiger partial charge < -0.3 is 5.32 Å². The fraction of sp³-hybridized carbons (Fsp3) is 0.400. The van der Waals surface area contributed by atoms with Crippen molar-refractivity contribution in [3.05, 3.63) is 45.3 Å². The summed E-state index contributed by atoms with van der Waals surface area (Å²) in [5.74, 6) is 0. The molecule has 0 fully saturated rings. The summed E-state index contributed by atoms with van der Waals surface area (Å²) in [4.78, 5) is 10.2. The monoisotopic (exact) mass is 367 g/mol. The molecule has 0 bridgehead atoms. The van der Waals surface area contributed by atoms with Crippen LogP contribution in [0.25, 0.3) is 0 Å². The third-order valence-corrected chi connectivity index (χ3v) is 5.03. The van der Waals surface area contributed by atoms with E-state index in [-0.39, 0.29) is 16.3 Å². The lowest BCUT2D eigenvalue weighted by Gasteiger charge is -2.11. The number of aryl methyl sites for hydroxylation is 2.